The van der Waals surface area contributed by atoms with E-state index in [1.807, 2.05) is 0 Å². The molecule has 0 saturated heterocycles. The molecule has 0 aromatic carbocycles. The van der Waals surface area contributed by atoms with Gasteiger partial charge in [0, 0.05) is 6.04 Å². The summed E-state index contributed by atoms with van der Waals surface area (Å²) in [6, 6.07) is -0.619. The minimum absolute atomic E-state index is 0.542. The van der Waals surface area contributed by atoms with Crippen molar-refractivity contribution < 1.29 is 14.3 Å². The number of carboxylic acids is 1. The van der Waals surface area contributed by atoms with Crippen molar-refractivity contribution in [3.05, 3.63) is 24.1 Å². The van der Waals surface area contributed by atoms with Gasteiger partial charge in [0.15, 0.2) is 0 Å². The molecule has 2 unspecified atom stereocenters. The highest BCUT2D eigenvalue weighted by Crippen LogP contribution is 2.16. The second-order valence-corrected chi connectivity index (χ2v) is 2.35. The van der Waals surface area contributed by atoms with Gasteiger partial charge in [-0.25, -0.2) is 4.39 Å². The highest BCUT2D eigenvalue weighted by Gasteiger charge is 2.23. The van der Waals surface area contributed by atoms with Crippen molar-refractivity contribution in [3.8, 4) is 0 Å². The van der Waals surface area contributed by atoms with Gasteiger partial charge in [-0.3, -0.25) is 4.79 Å². The van der Waals surface area contributed by atoms with Crippen LogP contribution in [0.3, 0.4) is 0 Å². The molecule has 60 valence electrons. The normalized spacial score (nSPS) is 29.8. The van der Waals surface area contributed by atoms with Crippen LogP contribution in [0.1, 0.15) is 0 Å². The van der Waals surface area contributed by atoms with Gasteiger partial charge in [0.1, 0.15) is 5.83 Å². The number of halogens is 1. The van der Waals surface area contributed by atoms with Gasteiger partial charge in [-0.2, -0.15) is 0 Å². The summed E-state index contributed by atoms with van der Waals surface area (Å²) in [5, 5.41) is 8.50. The molecule has 1 aliphatic carbocycles. The molecule has 0 aliphatic heterocycles. The van der Waals surface area contributed by atoms with E-state index in [1.54, 1.807) is 0 Å². The fourth-order valence-electron chi connectivity index (χ4n) is 0.897. The molecule has 11 heavy (non-hydrogen) atoms. The molecule has 0 saturated carbocycles. The second kappa shape index (κ2) is 2.84. The summed E-state index contributed by atoms with van der Waals surface area (Å²) in [5.74, 6) is -2.57. The van der Waals surface area contributed by atoms with Crippen molar-refractivity contribution in [2.45, 2.75) is 6.04 Å². The predicted octanol–water partition coefficient (Wildman–Crippen LogP) is 0.438. The molecule has 0 radical (unpaired) electrons. The molecular weight excluding hydrogens is 149 g/mol. The summed E-state index contributed by atoms with van der Waals surface area (Å²) < 4.78 is 12.4. The number of aliphatic carboxylic acids is 1. The minimum atomic E-state index is -1.10. The third-order valence-corrected chi connectivity index (χ3v) is 1.52. The van der Waals surface area contributed by atoms with Gasteiger partial charge in [-0.1, -0.05) is 6.08 Å². The minimum Gasteiger partial charge on any atom is -0.481 e. The molecule has 0 aromatic rings. The molecule has 2 atom stereocenters. The van der Waals surface area contributed by atoms with Crippen LogP contribution in [0.4, 0.5) is 4.39 Å². The molecule has 0 spiro atoms. The molecule has 0 aromatic heterocycles. The van der Waals surface area contributed by atoms with Crippen molar-refractivity contribution in [2.75, 3.05) is 0 Å². The van der Waals surface area contributed by atoms with Gasteiger partial charge in [-0.15, -0.1) is 0 Å². The molecule has 0 fully saturated rings. The summed E-state index contributed by atoms with van der Waals surface area (Å²) in [4.78, 5) is 10.4. The van der Waals surface area contributed by atoms with Crippen LogP contribution >= 0.6 is 0 Å². The Kier molecular flexibility index (Phi) is 2.05. The molecule has 0 amide bonds. The van der Waals surface area contributed by atoms with Gasteiger partial charge < -0.3 is 10.8 Å². The molecule has 1 aliphatic rings. The topological polar surface area (TPSA) is 63.3 Å². The maximum absolute atomic E-state index is 12.4. The van der Waals surface area contributed by atoms with Crippen LogP contribution < -0.4 is 5.73 Å². The Morgan fingerprint density at radius 3 is 2.82 bits per heavy atom. The predicted molar refractivity (Wildman–Crippen MR) is 37.4 cm³/mol. The lowest BCUT2D eigenvalue weighted by atomic mass is 9.96. The maximum atomic E-state index is 12.4. The Hall–Kier alpha value is -1.16. The van der Waals surface area contributed by atoms with Gasteiger partial charge >= 0.3 is 5.97 Å². The fraction of sp³-hybridized carbons (Fsp3) is 0.286. The Morgan fingerprint density at radius 2 is 2.36 bits per heavy atom. The van der Waals surface area contributed by atoms with E-state index >= 15 is 0 Å². The first-order valence-electron chi connectivity index (χ1n) is 3.15. The average molecular weight is 157 g/mol. The van der Waals surface area contributed by atoms with Crippen LogP contribution in [0.25, 0.3) is 0 Å². The highest BCUT2D eigenvalue weighted by atomic mass is 19.1. The Bertz CT molecular complexity index is 235. The largest absolute Gasteiger partial charge is 0.481 e. The van der Waals surface area contributed by atoms with Crippen molar-refractivity contribution in [2.24, 2.45) is 11.7 Å². The highest BCUT2D eigenvalue weighted by molar-refractivity contribution is 5.74. The van der Waals surface area contributed by atoms with Crippen LogP contribution in [0.5, 0.6) is 0 Å². The van der Waals surface area contributed by atoms with E-state index in [2.05, 4.69) is 0 Å². The number of rotatable bonds is 1. The van der Waals surface area contributed by atoms with Crippen molar-refractivity contribution in [1.29, 1.82) is 0 Å². The van der Waals surface area contributed by atoms with Crippen LogP contribution in [0.2, 0.25) is 0 Å². The molecule has 0 heterocycles. The molecule has 0 bridgehead atoms. The van der Waals surface area contributed by atoms with Crippen molar-refractivity contribution in [1.82, 2.24) is 0 Å². The SMILES string of the molecule is NC1C=CC(F)=CC1C(=O)O. The van der Waals surface area contributed by atoms with Crippen LogP contribution in [0, 0.1) is 5.92 Å². The lowest BCUT2D eigenvalue weighted by molar-refractivity contribution is -0.140. The first-order valence-corrected chi connectivity index (χ1v) is 3.15. The molecule has 3 N–H and O–H groups in total. The molecular formula is C7H8FNO2. The summed E-state index contributed by atoms with van der Waals surface area (Å²) in [5.41, 5.74) is 5.36. The summed E-state index contributed by atoms with van der Waals surface area (Å²) in [7, 11) is 0. The number of hydrogen-bond donors (Lipinski definition) is 2. The summed E-state index contributed by atoms with van der Waals surface area (Å²) in [6.45, 7) is 0. The number of carbonyl (C=O) groups is 1. The van der Waals surface area contributed by atoms with E-state index in [-0.39, 0.29) is 0 Å². The third-order valence-electron chi connectivity index (χ3n) is 1.52. The Morgan fingerprint density at radius 1 is 1.73 bits per heavy atom. The first-order chi connectivity index (χ1) is 5.11. The quantitative estimate of drug-likeness (QED) is 0.580. The number of carboxylic acid groups (broad SMARTS) is 1. The van der Waals surface area contributed by atoms with E-state index in [4.69, 9.17) is 10.8 Å². The van der Waals surface area contributed by atoms with Crippen LogP contribution in [0.15, 0.2) is 24.1 Å². The lowest BCUT2D eigenvalue weighted by Gasteiger charge is -2.15. The zero-order valence-electron chi connectivity index (χ0n) is 5.70. The van der Waals surface area contributed by atoms with E-state index in [0.717, 1.165) is 6.08 Å². The van der Waals surface area contributed by atoms with Gasteiger partial charge in [-0.05, 0) is 12.2 Å². The van der Waals surface area contributed by atoms with Gasteiger partial charge in [0.25, 0.3) is 0 Å². The van der Waals surface area contributed by atoms with Crippen molar-refractivity contribution in [3.63, 3.8) is 0 Å². The summed E-state index contributed by atoms with van der Waals surface area (Å²) >= 11 is 0. The monoisotopic (exact) mass is 157 g/mol. The van der Waals surface area contributed by atoms with Crippen LogP contribution in [-0.2, 0) is 4.79 Å². The summed E-state index contributed by atoms with van der Waals surface area (Å²) in [6.07, 6.45) is 3.52. The second-order valence-electron chi connectivity index (χ2n) is 2.35. The maximum Gasteiger partial charge on any atom is 0.312 e. The number of hydrogen-bond acceptors (Lipinski definition) is 2. The molecule has 4 heteroatoms. The average Bonchev–Trinajstić information content (AvgIpc) is 1.94. The number of nitrogens with two attached hydrogens (primary N) is 1. The van der Waals surface area contributed by atoms with E-state index in [1.165, 1.54) is 12.2 Å². The number of allylic oxidation sites excluding steroid dienone is 2. The van der Waals surface area contributed by atoms with Gasteiger partial charge in [0.05, 0.1) is 5.92 Å². The Labute approximate surface area is 63.0 Å². The third kappa shape index (κ3) is 1.65. The van der Waals surface area contributed by atoms with E-state index in [0.29, 0.717) is 0 Å². The zero-order chi connectivity index (χ0) is 8.43. The standard InChI is InChI=1S/C7H8FNO2/c8-4-1-2-6(9)5(3-4)7(10)11/h1-3,5-6H,9H2,(H,10,11). The van der Waals surface area contributed by atoms with Crippen LogP contribution in [-0.4, -0.2) is 17.1 Å². The zero-order valence-corrected chi connectivity index (χ0v) is 5.70. The lowest BCUT2D eigenvalue weighted by Crippen LogP contribution is -2.33. The van der Waals surface area contributed by atoms with Crippen molar-refractivity contribution >= 4 is 5.97 Å². The fourth-order valence-corrected chi connectivity index (χ4v) is 0.897. The van der Waals surface area contributed by atoms with E-state index < -0.39 is 23.8 Å². The van der Waals surface area contributed by atoms with Gasteiger partial charge in [0.2, 0.25) is 0 Å². The van der Waals surface area contributed by atoms with E-state index in [9.17, 15) is 9.18 Å². The Balaban J connectivity index is 2.81. The molecule has 1 rings (SSSR count). The first kappa shape index (κ1) is 7.94. The smallest absolute Gasteiger partial charge is 0.312 e. The molecule has 3 nitrogen and oxygen atoms in total.